The summed E-state index contributed by atoms with van der Waals surface area (Å²) in [5.74, 6) is -0.476. The standard InChI is InChI=1S/C21H18ClN3O4/c1-28-16-8-5-14(6-9-16)12-25-20(26)19(17-4-2-3-11-23-17)29-21(27)15-7-10-18(22)24-13-15/h2-11,13,19H,12H2,1H3,(H,25,26). The summed E-state index contributed by atoms with van der Waals surface area (Å²) in [5, 5.41) is 3.02. The fourth-order valence-corrected chi connectivity index (χ4v) is 2.59. The number of hydrogen-bond donors (Lipinski definition) is 1. The molecule has 1 amide bonds. The summed E-state index contributed by atoms with van der Waals surface area (Å²) in [6, 6.07) is 15.2. The molecule has 1 atom stereocenters. The van der Waals surface area contributed by atoms with E-state index in [2.05, 4.69) is 15.3 Å². The van der Waals surface area contributed by atoms with Crippen LogP contribution in [0.4, 0.5) is 0 Å². The summed E-state index contributed by atoms with van der Waals surface area (Å²) in [7, 11) is 1.58. The molecule has 3 rings (SSSR count). The Kier molecular flexibility index (Phi) is 6.76. The van der Waals surface area contributed by atoms with Gasteiger partial charge in [0.1, 0.15) is 10.9 Å². The Balaban J connectivity index is 1.73. The van der Waals surface area contributed by atoms with Gasteiger partial charge in [0.25, 0.3) is 5.91 Å². The molecule has 1 aromatic carbocycles. The van der Waals surface area contributed by atoms with Gasteiger partial charge in [0.15, 0.2) is 0 Å². The van der Waals surface area contributed by atoms with Crippen molar-refractivity contribution in [3.63, 3.8) is 0 Å². The second-order valence-corrected chi connectivity index (χ2v) is 6.36. The summed E-state index contributed by atoms with van der Waals surface area (Å²) < 4.78 is 10.6. The lowest BCUT2D eigenvalue weighted by Gasteiger charge is -2.17. The first-order valence-electron chi connectivity index (χ1n) is 8.71. The topological polar surface area (TPSA) is 90.4 Å². The molecule has 0 fully saturated rings. The number of hydrogen-bond acceptors (Lipinski definition) is 6. The normalized spacial score (nSPS) is 11.4. The minimum Gasteiger partial charge on any atom is -0.497 e. The average Bonchev–Trinajstić information content (AvgIpc) is 2.77. The molecule has 29 heavy (non-hydrogen) atoms. The quantitative estimate of drug-likeness (QED) is 0.473. The highest BCUT2D eigenvalue weighted by Gasteiger charge is 2.26. The van der Waals surface area contributed by atoms with Crippen LogP contribution < -0.4 is 10.1 Å². The molecule has 0 aliphatic rings. The van der Waals surface area contributed by atoms with Crippen LogP contribution in [0.3, 0.4) is 0 Å². The first-order valence-corrected chi connectivity index (χ1v) is 9.08. The van der Waals surface area contributed by atoms with Gasteiger partial charge < -0.3 is 14.8 Å². The third-order valence-electron chi connectivity index (χ3n) is 4.01. The number of aromatic nitrogens is 2. The number of carbonyl (C=O) groups is 2. The van der Waals surface area contributed by atoms with Crippen molar-refractivity contribution in [3.8, 4) is 5.75 Å². The van der Waals surface area contributed by atoms with E-state index in [9.17, 15) is 9.59 Å². The molecule has 0 radical (unpaired) electrons. The minimum atomic E-state index is -1.21. The molecule has 2 aromatic heterocycles. The third-order valence-corrected chi connectivity index (χ3v) is 4.23. The highest BCUT2D eigenvalue weighted by molar-refractivity contribution is 6.29. The molecule has 3 aromatic rings. The van der Waals surface area contributed by atoms with Crippen molar-refractivity contribution in [1.82, 2.24) is 15.3 Å². The molecule has 0 aliphatic carbocycles. The van der Waals surface area contributed by atoms with E-state index in [1.165, 1.54) is 24.5 Å². The Morgan fingerprint density at radius 3 is 2.48 bits per heavy atom. The number of carbonyl (C=O) groups excluding carboxylic acids is 2. The van der Waals surface area contributed by atoms with Crippen molar-refractivity contribution in [2.75, 3.05) is 7.11 Å². The van der Waals surface area contributed by atoms with Crippen molar-refractivity contribution in [1.29, 1.82) is 0 Å². The van der Waals surface area contributed by atoms with Gasteiger partial charge in [-0.15, -0.1) is 0 Å². The molecule has 2 heterocycles. The highest BCUT2D eigenvalue weighted by Crippen LogP contribution is 2.19. The monoisotopic (exact) mass is 411 g/mol. The summed E-state index contributed by atoms with van der Waals surface area (Å²) in [4.78, 5) is 33.2. The van der Waals surface area contributed by atoms with E-state index >= 15 is 0 Å². The van der Waals surface area contributed by atoms with Crippen molar-refractivity contribution >= 4 is 23.5 Å². The molecular weight excluding hydrogens is 394 g/mol. The van der Waals surface area contributed by atoms with Gasteiger partial charge in [0.2, 0.25) is 6.10 Å². The van der Waals surface area contributed by atoms with Crippen LogP contribution in [0.5, 0.6) is 5.75 Å². The van der Waals surface area contributed by atoms with Gasteiger partial charge >= 0.3 is 5.97 Å². The summed E-state index contributed by atoms with van der Waals surface area (Å²) in [5.41, 5.74) is 1.36. The maximum Gasteiger partial charge on any atom is 0.340 e. The number of ether oxygens (including phenoxy) is 2. The van der Waals surface area contributed by atoms with E-state index in [1.54, 1.807) is 37.4 Å². The van der Waals surface area contributed by atoms with Crippen molar-refractivity contribution in [2.45, 2.75) is 12.6 Å². The molecule has 0 aliphatic heterocycles. The number of pyridine rings is 2. The number of nitrogens with one attached hydrogen (secondary N) is 1. The molecule has 0 bridgehead atoms. The van der Waals surface area contributed by atoms with E-state index < -0.39 is 18.0 Å². The fraction of sp³-hybridized carbons (Fsp3) is 0.143. The number of esters is 1. The summed E-state index contributed by atoms with van der Waals surface area (Å²) in [6.45, 7) is 0.256. The van der Waals surface area contributed by atoms with Gasteiger partial charge in [-0.05, 0) is 42.0 Å². The van der Waals surface area contributed by atoms with Crippen LogP contribution >= 0.6 is 11.6 Å². The molecule has 1 N–H and O–H groups in total. The Morgan fingerprint density at radius 2 is 1.86 bits per heavy atom. The number of halogens is 1. The van der Waals surface area contributed by atoms with Crippen LogP contribution in [0.2, 0.25) is 5.15 Å². The smallest absolute Gasteiger partial charge is 0.340 e. The predicted octanol–water partition coefficient (Wildman–Crippen LogP) is 3.35. The summed E-state index contributed by atoms with van der Waals surface area (Å²) >= 11 is 5.74. The zero-order valence-corrected chi connectivity index (χ0v) is 16.3. The van der Waals surface area contributed by atoms with Gasteiger partial charge in [-0.3, -0.25) is 9.78 Å². The number of rotatable bonds is 7. The average molecular weight is 412 g/mol. The predicted molar refractivity (Wildman–Crippen MR) is 106 cm³/mol. The Morgan fingerprint density at radius 1 is 1.07 bits per heavy atom. The van der Waals surface area contributed by atoms with Crippen LogP contribution in [0.25, 0.3) is 0 Å². The highest BCUT2D eigenvalue weighted by atomic mass is 35.5. The van der Waals surface area contributed by atoms with E-state index in [4.69, 9.17) is 21.1 Å². The molecule has 0 saturated heterocycles. The van der Waals surface area contributed by atoms with Gasteiger partial charge in [0, 0.05) is 18.9 Å². The third kappa shape index (κ3) is 5.52. The lowest BCUT2D eigenvalue weighted by Crippen LogP contribution is -2.32. The van der Waals surface area contributed by atoms with E-state index in [1.807, 2.05) is 12.1 Å². The van der Waals surface area contributed by atoms with Gasteiger partial charge in [-0.1, -0.05) is 29.8 Å². The SMILES string of the molecule is COc1ccc(CNC(=O)C(OC(=O)c2ccc(Cl)nc2)c2ccccn2)cc1. The number of nitrogens with zero attached hydrogens (tertiary/aromatic N) is 2. The lowest BCUT2D eigenvalue weighted by molar-refractivity contribution is -0.130. The van der Waals surface area contributed by atoms with E-state index in [0.29, 0.717) is 5.69 Å². The van der Waals surface area contributed by atoms with Crippen LogP contribution in [0.1, 0.15) is 27.7 Å². The first kappa shape index (κ1) is 20.3. The molecule has 7 nitrogen and oxygen atoms in total. The molecule has 0 saturated carbocycles. The Bertz CT molecular complexity index is 963. The second-order valence-electron chi connectivity index (χ2n) is 5.98. The maximum absolute atomic E-state index is 12.8. The lowest BCUT2D eigenvalue weighted by atomic mass is 10.2. The van der Waals surface area contributed by atoms with Crippen LogP contribution in [0.15, 0.2) is 67.0 Å². The zero-order valence-electron chi connectivity index (χ0n) is 15.5. The molecule has 148 valence electrons. The van der Waals surface area contributed by atoms with Gasteiger partial charge in [-0.2, -0.15) is 0 Å². The molecule has 1 unspecified atom stereocenters. The van der Waals surface area contributed by atoms with Gasteiger partial charge in [0.05, 0.1) is 18.4 Å². The van der Waals surface area contributed by atoms with Crippen LogP contribution in [0, 0.1) is 0 Å². The molecule has 0 spiro atoms. The minimum absolute atomic E-state index is 0.179. The number of benzene rings is 1. The van der Waals surface area contributed by atoms with Crippen molar-refractivity contribution in [2.24, 2.45) is 0 Å². The van der Waals surface area contributed by atoms with Crippen LogP contribution in [-0.2, 0) is 16.1 Å². The first-order chi connectivity index (χ1) is 14.1. The molecular formula is C21H18ClN3O4. The van der Waals surface area contributed by atoms with Crippen LogP contribution in [-0.4, -0.2) is 29.0 Å². The summed E-state index contributed by atoms with van der Waals surface area (Å²) in [6.07, 6.45) is 1.60. The fourth-order valence-electron chi connectivity index (χ4n) is 2.48. The second kappa shape index (κ2) is 9.66. The van der Waals surface area contributed by atoms with E-state index in [-0.39, 0.29) is 17.3 Å². The molecule has 8 heteroatoms. The van der Waals surface area contributed by atoms with E-state index in [0.717, 1.165) is 11.3 Å². The van der Waals surface area contributed by atoms with Gasteiger partial charge in [-0.25, -0.2) is 9.78 Å². The maximum atomic E-state index is 12.8. The van der Waals surface area contributed by atoms with Crippen molar-refractivity contribution < 1.29 is 19.1 Å². The number of amides is 1. The zero-order chi connectivity index (χ0) is 20.6. The largest absolute Gasteiger partial charge is 0.497 e. The Labute approximate surface area is 172 Å². The van der Waals surface area contributed by atoms with Crippen molar-refractivity contribution in [3.05, 3.63) is 89.0 Å². The number of methoxy groups -OCH3 is 1. The Hall–Kier alpha value is -3.45.